The molecule has 1 aromatic heterocycles. The fraction of sp³-hybridized carbons (Fsp3) is 0.217. The van der Waals surface area contributed by atoms with Crippen LogP contribution in [0.15, 0.2) is 84.0 Å². The van der Waals surface area contributed by atoms with E-state index in [1.165, 1.54) is 0 Å². The molecule has 156 valence electrons. The molecule has 0 bridgehead atoms. The van der Waals surface area contributed by atoms with Crippen molar-refractivity contribution in [2.24, 2.45) is 0 Å². The smallest absolute Gasteiger partial charge is 0.240 e. The predicted molar refractivity (Wildman–Crippen MR) is 116 cm³/mol. The number of hydrogen-bond donors (Lipinski definition) is 2. The zero-order chi connectivity index (χ0) is 21.2. The lowest BCUT2D eigenvalue weighted by molar-refractivity contribution is -0.121. The minimum atomic E-state index is -3.55. The van der Waals surface area contributed by atoms with Gasteiger partial charge in [-0.1, -0.05) is 48.5 Å². The summed E-state index contributed by atoms with van der Waals surface area (Å²) in [6, 6.07) is 20.1. The van der Waals surface area contributed by atoms with Gasteiger partial charge in [0.1, 0.15) is 0 Å². The van der Waals surface area contributed by atoms with Crippen LogP contribution in [0.4, 0.5) is 0 Å². The minimum absolute atomic E-state index is 0.0573. The van der Waals surface area contributed by atoms with Crippen LogP contribution in [0.5, 0.6) is 0 Å². The molecule has 0 spiro atoms. The third-order valence-electron chi connectivity index (χ3n) is 4.64. The SMILES string of the molecule is O=C(CCc1ccc(S(=O)(=O)NCCc2ccccc2)cc1)NCc1cccnc1. The number of pyridine rings is 1. The van der Waals surface area contributed by atoms with Crippen LogP contribution in [0, 0.1) is 0 Å². The van der Waals surface area contributed by atoms with Gasteiger partial charge in [-0.15, -0.1) is 0 Å². The number of hydrogen-bond acceptors (Lipinski definition) is 4. The summed E-state index contributed by atoms with van der Waals surface area (Å²) in [6.07, 6.45) is 4.91. The van der Waals surface area contributed by atoms with Gasteiger partial charge in [0.2, 0.25) is 15.9 Å². The normalized spacial score (nSPS) is 11.2. The zero-order valence-electron chi connectivity index (χ0n) is 16.6. The molecule has 1 heterocycles. The van der Waals surface area contributed by atoms with E-state index in [0.717, 1.165) is 16.7 Å². The van der Waals surface area contributed by atoms with Crippen LogP contribution in [0.1, 0.15) is 23.1 Å². The van der Waals surface area contributed by atoms with Gasteiger partial charge in [0.15, 0.2) is 0 Å². The highest BCUT2D eigenvalue weighted by molar-refractivity contribution is 7.89. The maximum absolute atomic E-state index is 12.4. The second-order valence-electron chi connectivity index (χ2n) is 6.92. The molecule has 2 aromatic carbocycles. The van der Waals surface area contributed by atoms with Crippen LogP contribution < -0.4 is 10.0 Å². The Kier molecular flexibility index (Phi) is 7.70. The summed E-state index contributed by atoms with van der Waals surface area (Å²) >= 11 is 0. The number of benzene rings is 2. The van der Waals surface area contributed by atoms with E-state index in [1.807, 2.05) is 42.5 Å². The van der Waals surface area contributed by atoms with Crippen LogP contribution in [-0.2, 0) is 34.2 Å². The van der Waals surface area contributed by atoms with Crippen molar-refractivity contribution in [1.29, 1.82) is 0 Å². The molecular formula is C23H25N3O3S. The number of aromatic nitrogens is 1. The molecule has 0 saturated heterocycles. The van der Waals surface area contributed by atoms with Gasteiger partial charge < -0.3 is 5.32 Å². The highest BCUT2D eigenvalue weighted by Gasteiger charge is 2.13. The molecule has 0 unspecified atom stereocenters. The van der Waals surface area contributed by atoms with Crippen LogP contribution >= 0.6 is 0 Å². The Bertz CT molecular complexity index is 1040. The number of carbonyl (C=O) groups excluding carboxylic acids is 1. The van der Waals surface area contributed by atoms with Gasteiger partial charge in [-0.3, -0.25) is 9.78 Å². The van der Waals surface area contributed by atoms with Crippen molar-refractivity contribution in [3.05, 3.63) is 95.8 Å². The van der Waals surface area contributed by atoms with E-state index in [0.29, 0.717) is 32.4 Å². The van der Waals surface area contributed by atoms with E-state index in [-0.39, 0.29) is 10.8 Å². The number of nitrogens with one attached hydrogen (secondary N) is 2. The highest BCUT2D eigenvalue weighted by atomic mass is 32.2. The lowest BCUT2D eigenvalue weighted by atomic mass is 10.1. The fourth-order valence-electron chi connectivity index (χ4n) is 2.94. The minimum Gasteiger partial charge on any atom is -0.352 e. The molecule has 0 radical (unpaired) electrons. The van der Waals surface area contributed by atoms with Gasteiger partial charge in [-0.2, -0.15) is 0 Å². The molecule has 0 fully saturated rings. The summed E-state index contributed by atoms with van der Waals surface area (Å²) in [7, 11) is -3.55. The van der Waals surface area contributed by atoms with Gasteiger partial charge in [-0.25, -0.2) is 13.1 Å². The summed E-state index contributed by atoms with van der Waals surface area (Å²) in [6.45, 7) is 0.781. The Balaban J connectivity index is 1.44. The molecule has 0 saturated carbocycles. The van der Waals surface area contributed by atoms with E-state index in [1.54, 1.807) is 36.7 Å². The summed E-state index contributed by atoms with van der Waals surface area (Å²) in [5.74, 6) is -0.0573. The van der Waals surface area contributed by atoms with Gasteiger partial charge in [0.05, 0.1) is 4.90 Å². The molecule has 30 heavy (non-hydrogen) atoms. The average molecular weight is 424 g/mol. The monoisotopic (exact) mass is 423 g/mol. The largest absolute Gasteiger partial charge is 0.352 e. The maximum atomic E-state index is 12.4. The molecule has 6 nitrogen and oxygen atoms in total. The molecule has 7 heteroatoms. The van der Waals surface area contributed by atoms with Crippen molar-refractivity contribution in [3.63, 3.8) is 0 Å². The van der Waals surface area contributed by atoms with Crippen LogP contribution in [0.2, 0.25) is 0 Å². The molecule has 0 atom stereocenters. The average Bonchev–Trinajstić information content (AvgIpc) is 2.78. The maximum Gasteiger partial charge on any atom is 0.240 e. The molecule has 1 amide bonds. The lowest BCUT2D eigenvalue weighted by Gasteiger charge is -2.08. The summed E-state index contributed by atoms with van der Waals surface area (Å²) in [4.78, 5) is 16.2. The fourth-order valence-corrected chi connectivity index (χ4v) is 3.97. The Morgan fingerprint density at radius 2 is 1.53 bits per heavy atom. The lowest BCUT2D eigenvalue weighted by Crippen LogP contribution is -2.26. The molecule has 0 aliphatic carbocycles. The summed E-state index contributed by atoms with van der Waals surface area (Å²) in [5, 5.41) is 2.86. The second kappa shape index (κ2) is 10.7. The Hall–Kier alpha value is -3.03. The second-order valence-corrected chi connectivity index (χ2v) is 8.68. The zero-order valence-corrected chi connectivity index (χ0v) is 17.4. The molecule has 0 aliphatic rings. The Morgan fingerprint density at radius 1 is 0.833 bits per heavy atom. The van der Waals surface area contributed by atoms with Crippen LogP contribution in [0.3, 0.4) is 0 Å². The van der Waals surface area contributed by atoms with E-state index in [2.05, 4.69) is 15.0 Å². The first-order chi connectivity index (χ1) is 14.5. The van der Waals surface area contributed by atoms with Gasteiger partial charge in [0, 0.05) is 31.9 Å². The van der Waals surface area contributed by atoms with E-state index < -0.39 is 10.0 Å². The van der Waals surface area contributed by atoms with Gasteiger partial charge in [-0.05, 0) is 47.7 Å². The van der Waals surface area contributed by atoms with E-state index >= 15 is 0 Å². The third-order valence-corrected chi connectivity index (χ3v) is 6.11. The number of carbonyl (C=O) groups is 1. The topological polar surface area (TPSA) is 88.2 Å². The molecule has 3 rings (SSSR count). The first kappa shape index (κ1) is 21.7. The quantitative estimate of drug-likeness (QED) is 0.525. The summed E-state index contributed by atoms with van der Waals surface area (Å²) in [5.41, 5.74) is 2.94. The highest BCUT2D eigenvalue weighted by Crippen LogP contribution is 2.12. The molecule has 3 aromatic rings. The number of rotatable bonds is 10. The molecule has 2 N–H and O–H groups in total. The molecule has 0 aliphatic heterocycles. The number of amides is 1. The van der Waals surface area contributed by atoms with Crippen molar-refractivity contribution in [1.82, 2.24) is 15.0 Å². The van der Waals surface area contributed by atoms with E-state index in [9.17, 15) is 13.2 Å². The van der Waals surface area contributed by atoms with Crippen LogP contribution in [-0.4, -0.2) is 25.9 Å². The van der Waals surface area contributed by atoms with Crippen molar-refractivity contribution in [2.45, 2.75) is 30.7 Å². The van der Waals surface area contributed by atoms with Crippen LogP contribution in [0.25, 0.3) is 0 Å². The van der Waals surface area contributed by atoms with Crippen molar-refractivity contribution >= 4 is 15.9 Å². The first-order valence-electron chi connectivity index (χ1n) is 9.81. The number of nitrogens with zero attached hydrogens (tertiary/aromatic N) is 1. The Labute approximate surface area is 177 Å². The third kappa shape index (κ3) is 6.79. The van der Waals surface area contributed by atoms with Gasteiger partial charge in [0.25, 0.3) is 0 Å². The number of aryl methyl sites for hydroxylation is 1. The van der Waals surface area contributed by atoms with E-state index in [4.69, 9.17) is 0 Å². The standard InChI is InChI=1S/C23H25N3O3S/c27-23(25-18-21-7-4-15-24-17-21)13-10-20-8-11-22(12-9-20)30(28,29)26-16-14-19-5-2-1-3-6-19/h1-9,11-12,15,17,26H,10,13-14,16,18H2,(H,25,27). The van der Waals surface area contributed by atoms with Crippen molar-refractivity contribution in [2.75, 3.05) is 6.54 Å². The molecular weight excluding hydrogens is 398 g/mol. The Morgan fingerprint density at radius 3 is 2.23 bits per heavy atom. The summed E-state index contributed by atoms with van der Waals surface area (Å²) < 4.78 is 27.5. The predicted octanol–water partition coefficient (Wildman–Crippen LogP) is 2.85. The van der Waals surface area contributed by atoms with Crippen molar-refractivity contribution < 1.29 is 13.2 Å². The first-order valence-corrected chi connectivity index (χ1v) is 11.3. The van der Waals surface area contributed by atoms with Crippen molar-refractivity contribution in [3.8, 4) is 0 Å². The van der Waals surface area contributed by atoms with Gasteiger partial charge >= 0.3 is 0 Å². The number of sulfonamides is 1.